The van der Waals surface area contributed by atoms with Crippen LogP contribution in [-0.4, -0.2) is 113 Å². The standard InChI is InChI=1S/C33H36F2N6O7S/c1-3-46-32(44)39-7-6-20(15-39)21-11-24(40-8-9-47-33(19(40)2)17-45-18-33)30(36-14-21)48-22-12-25(31(42)43)41(16-22)27-13-23(26-5-4-10-49-26)37-29(38-27)28(34)35/h4-6,10-11,13-14,19,22,25,28H,3,7-9,12,15-18H2,1-2H3,(H,42,43)/t19-,22-,25-/m0/s1. The quantitative estimate of drug-likeness (QED) is 0.337. The van der Waals surface area contributed by atoms with Crippen LogP contribution in [0.1, 0.15) is 38.1 Å². The molecule has 13 nitrogen and oxygen atoms in total. The summed E-state index contributed by atoms with van der Waals surface area (Å²) in [6, 6.07) is 5.88. The Hall–Kier alpha value is -4.41. The molecule has 7 heterocycles. The molecule has 3 atom stereocenters. The fraction of sp³-hybridized carbons (Fsp3) is 0.485. The van der Waals surface area contributed by atoms with Gasteiger partial charge in [0.1, 0.15) is 29.3 Å². The molecule has 0 unspecified atom stereocenters. The van der Waals surface area contributed by atoms with Crippen molar-refractivity contribution in [2.75, 3.05) is 62.4 Å². The molecule has 1 N–H and O–H groups in total. The van der Waals surface area contributed by atoms with Crippen molar-refractivity contribution in [1.29, 1.82) is 0 Å². The van der Waals surface area contributed by atoms with Crippen LogP contribution in [0.2, 0.25) is 0 Å². The molecule has 3 fully saturated rings. The monoisotopic (exact) mass is 698 g/mol. The molecule has 0 saturated carbocycles. The van der Waals surface area contributed by atoms with E-state index in [-0.39, 0.29) is 37.5 Å². The van der Waals surface area contributed by atoms with Gasteiger partial charge in [-0.25, -0.2) is 33.3 Å². The maximum atomic E-state index is 13.9. The van der Waals surface area contributed by atoms with Crippen LogP contribution in [0, 0.1) is 0 Å². The first kappa shape index (κ1) is 33.1. The minimum absolute atomic E-state index is 0.0661. The van der Waals surface area contributed by atoms with Gasteiger partial charge in [0.05, 0.1) is 49.6 Å². The van der Waals surface area contributed by atoms with Crippen LogP contribution < -0.4 is 14.5 Å². The number of aromatic nitrogens is 3. The number of anilines is 2. The maximum Gasteiger partial charge on any atom is 0.410 e. The van der Waals surface area contributed by atoms with Gasteiger partial charge >= 0.3 is 12.1 Å². The van der Waals surface area contributed by atoms with Crippen LogP contribution in [0.25, 0.3) is 16.1 Å². The highest BCUT2D eigenvalue weighted by Gasteiger charge is 2.50. The lowest BCUT2D eigenvalue weighted by atomic mass is 9.90. The number of thiophene rings is 1. The number of aliphatic carboxylic acids is 1. The van der Waals surface area contributed by atoms with Crippen molar-refractivity contribution in [1.82, 2.24) is 19.9 Å². The molecule has 7 rings (SSSR count). The summed E-state index contributed by atoms with van der Waals surface area (Å²) < 4.78 is 51.2. The summed E-state index contributed by atoms with van der Waals surface area (Å²) in [6.45, 7) is 6.88. The van der Waals surface area contributed by atoms with Gasteiger partial charge in [0.25, 0.3) is 6.43 Å². The highest BCUT2D eigenvalue weighted by Crippen LogP contribution is 2.41. The lowest BCUT2D eigenvalue weighted by molar-refractivity contribution is -0.228. The minimum Gasteiger partial charge on any atom is -0.480 e. The normalized spacial score (nSPS) is 23.2. The lowest BCUT2D eigenvalue weighted by Gasteiger charge is -2.53. The number of hydrogen-bond donors (Lipinski definition) is 1. The number of halogens is 2. The second-order valence-electron chi connectivity index (χ2n) is 12.4. The Morgan fingerprint density at radius 1 is 1.22 bits per heavy atom. The number of carboxylic acid groups (broad SMARTS) is 1. The van der Waals surface area contributed by atoms with Gasteiger partial charge in [-0.15, -0.1) is 11.3 Å². The molecule has 3 aromatic rings. The molecule has 260 valence electrons. The largest absolute Gasteiger partial charge is 0.480 e. The summed E-state index contributed by atoms with van der Waals surface area (Å²) in [5.74, 6) is -1.41. The number of carbonyl (C=O) groups excluding carboxylic acids is 1. The van der Waals surface area contributed by atoms with Crippen LogP contribution >= 0.6 is 11.3 Å². The Morgan fingerprint density at radius 2 is 2.06 bits per heavy atom. The summed E-state index contributed by atoms with van der Waals surface area (Å²) >= 11 is 1.34. The Labute approximate surface area is 285 Å². The number of carboxylic acids is 1. The molecule has 4 aliphatic rings. The molecule has 0 aliphatic carbocycles. The molecule has 1 spiro atoms. The number of ether oxygens (including phenoxy) is 4. The van der Waals surface area contributed by atoms with E-state index in [9.17, 15) is 23.5 Å². The van der Waals surface area contributed by atoms with E-state index >= 15 is 0 Å². The molecule has 3 saturated heterocycles. The Morgan fingerprint density at radius 3 is 2.76 bits per heavy atom. The number of alkyl halides is 2. The molecule has 0 aromatic carbocycles. The highest BCUT2D eigenvalue weighted by atomic mass is 32.1. The summed E-state index contributed by atoms with van der Waals surface area (Å²) in [7, 11) is 0. The van der Waals surface area contributed by atoms with Crippen molar-refractivity contribution in [2.45, 2.75) is 50.5 Å². The van der Waals surface area contributed by atoms with Crippen LogP contribution in [0.4, 0.5) is 25.1 Å². The zero-order chi connectivity index (χ0) is 34.3. The minimum atomic E-state index is -2.94. The fourth-order valence-corrected chi connectivity index (χ4v) is 7.40. The Kier molecular flexibility index (Phi) is 9.11. The van der Waals surface area contributed by atoms with Gasteiger partial charge in [-0.2, -0.15) is 0 Å². The summed E-state index contributed by atoms with van der Waals surface area (Å²) in [6.07, 6.45) is -0.274. The van der Waals surface area contributed by atoms with Crippen molar-refractivity contribution in [3.63, 3.8) is 0 Å². The first-order valence-corrected chi connectivity index (χ1v) is 17.0. The average molecular weight is 699 g/mol. The first-order valence-electron chi connectivity index (χ1n) is 16.1. The van der Waals surface area contributed by atoms with Gasteiger partial charge in [0, 0.05) is 38.3 Å². The molecular formula is C33H36F2N6O7S. The van der Waals surface area contributed by atoms with Gasteiger partial charge < -0.3 is 38.8 Å². The third kappa shape index (κ3) is 6.39. The predicted molar refractivity (Wildman–Crippen MR) is 175 cm³/mol. The summed E-state index contributed by atoms with van der Waals surface area (Å²) in [5, 5.41) is 12.0. The molecule has 4 aliphatic heterocycles. The number of pyridine rings is 1. The van der Waals surface area contributed by atoms with Crippen LogP contribution in [0.3, 0.4) is 0 Å². The van der Waals surface area contributed by atoms with Gasteiger partial charge in [-0.3, -0.25) is 0 Å². The van der Waals surface area contributed by atoms with Crippen molar-refractivity contribution >= 4 is 40.5 Å². The number of amides is 1. The van der Waals surface area contributed by atoms with E-state index in [0.29, 0.717) is 61.6 Å². The Bertz CT molecular complexity index is 1740. The van der Waals surface area contributed by atoms with Gasteiger partial charge in [0.15, 0.2) is 5.82 Å². The zero-order valence-electron chi connectivity index (χ0n) is 27.0. The molecule has 16 heteroatoms. The number of rotatable bonds is 9. The van der Waals surface area contributed by atoms with Crippen molar-refractivity contribution in [3.8, 4) is 16.5 Å². The van der Waals surface area contributed by atoms with E-state index in [1.165, 1.54) is 16.2 Å². The zero-order valence-corrected chi connectivity index (χ0v) is 27.8. The molecular weight excluding hydrogens is 662 g/mol. The lowest BCUT2D eigenvalue weighted by Crippen LogP contribution is -2.68. The predicted octanol–water partition coefficient (Wildman–Crippen LogP) is 4.50. The van der Waals surface area contributed by atoms with Gasteiger partial charge in [-0.05, 0) is 42.5 Å². The van der Waals surface area contributed by atoms with E-state index in [0.717, 1.165) is 11.1 Å². The second-order valence-corrected chi connectivity index (χ2v) is 13.3. The SMILES string of the molecule is CCOC(=O)N1CC=C(c2cnc(O[C@H]3C[C@@H](C(=O)O)N(c4cc(-c5cccs5)nc(C(F)F)n4)C3)c(N3CCOC4(COC4)[C@@H]3C)c2)C1. The van der Waals surface area contributed by atoms with Gasteiger partial charge in [-0.1, -0.05) is 12.1 Å². The van der Waals surface area contributed by atoms with Crippen LogP contribution in [0.5, 0.6) is 5.88 Å². The fourth-order valence-electron chi connectivity index (χ4n) is 6.71. The summed E-state index contributed by atoms with van der Waals surface area (Å²) in [4.78, 5) is 43.7. The number of morpholine rings is 1. The van der Waals surface area contributed by atoms with Crippen LogP contribution in [0.15, 0.2) is 41.9 Å². The topological polar surface area (TPSA) is 140 Å². The van der Waals surface area contributed by atoms with Crippen molar-refractivity contribution < 1.29 is 42.4 Å². The number of hydrogen-bond acceptors (Lipinski definition) is 12. The van der Waals surface area contributed by atoms with Crippen LogP contribution in [-0.2, 0) is 19.0 Å². The number of nitrogens with zero attached hydrogens (tertiary/aromatic N) is 6. The second kappa shape index (κ2) is 13.5. The van der Waals surface area contributed by atoms with E-state index in [1.54, 1.807) is 36.2 Å². The molecule has 0 radical (unpaired) electrons. The van der Waals surface area contributed by atoms with Crippen molar-refractivity contribution in [3.05, 3.63) is 53.3 Å². The Balaban J connectivity index is 1.19. The average Bonchev–Trinajstić information content (AvgIpc) is 3.86. The maximum absolute atomic E-state index is 13.9. The highest BCUT2D eigenvalue weighted by molar-refractivity contribution is 7.13. The molecule has 3 aromatic heterocycles. The van der Waals surface area contributed by atoms with E-state index in [4.69, 9.17) is 23.9 Å². The smallest absolute Gasteiger partial charge is 0.410 e. The van der Waals surface area contributed by atoms with Gasteiger partial charge in [0.2, 0.25) is 5.88 Å². The molecule has 49 heavy (non-hydrogen) atoms. The number of carbonyl (C=O) groups is 2. The van der Waals surface area contributed by atoms with E-state index < -0.39 is 36.0 Å². The third-order valence-corrected chi connectivity index (χ3v) is 10.3. The van der Waals surface area contributed by atoms with E-state index in [2.05, 4.69) is 21.8 Å². The molecule has 0 bridgehead atoms. The first-order chi connectivity index (χ1) is 23.7. The molecule has 1 amide bonds. The summed E-state index contributed by atoms with van der Waals surface area (Å²) in [5.41, 5.74) is 2.23. The van der Waals surface area contributed by atoms with E-state index in [1.807, 2.05) is 17.5 Å². The van der Waals surface area contributed by atoms with Crippen molar-refractivity contribution in [2.24, 2.45) is 0 Å². The third-order valence-electron chi connectivity index (χ3n) is 9.42.